The first kappa shape index (κ1) is 25.8. The minimum Gasteiger partial charge on any atom is -0.0610 e. The average molecular weight is 618 g/mol. The number of rotatable bonds is 3. The molecule has 0 heterocycles. The quantitative estimate of drug-likeness (QED) is 0.137. The third kappa shape index (κ3) is 3.32. The van der Waals surface area contributed by atoms with Gasteiger partial charge in [-0.1, -0.05) is 114 Å². The van der Waals surface area contributed by atoms with Crippen molar-refractivity contribution in [2.24, 2.45) is 0 Å². The second-order valence-corrected chi connectivity index (χ2v) is 13.7. The minimum absolute atomic E-state index is 1.19. The van der Waals surface area contributed by atoms with Gasteiger partial charge in [-0.2, -0.15) is 0 Å². The standard InChI is InChI=1S/C48H27N/c1-4-28-10-13-34-19-25-40(37-22-16-31(7-1)43(28)46(34)37)49(41-26-20-35-14-11-29-5-2-8-32-17-23-38(41)47(35)44(29)32)42-27-21-36-15-12-30-6-3-9-33-18-24-39(42)48(36)45(30)33/h1-27H/q+1. The van der Waals surface area contributed by atoms with Crippen molar-refractivity contribution in [3.05, 3.63) is 164 Å². The van der Waals surface area contributed by atoms with Crippen molar-refractivity contribution >= 4 is 114 Å². The van der Waals surface area contributed by atoms with Crippen molar-refractivity contribution in [2.75, 3.05) is 0 Å². The molecule has 0 fully saturated rings. The van der Waals surface area contributed by atoms with E-state index >= 15 is 0 Å². The molecule has 1 heteroatoms. The minimum atomic E-state index is 1.19. The Morgan fingerprint density at radius 3 is 0.714 bits per heavy atom. The molecule has 12 aromatic carbocycles. The molecule has 0 spiro atoms. The maximum absolute atomic E-state index is 2.56. The molecule has 1 nitrogen and oxygen atoms in total. The van der Waals surface area contributed by atoms with Gasteiger partial charge in [-0.25, -0.2) is 0 Å². The van der Waals surface area contributed by atoms with Crippen molar-refractivity contribution in [3.8, 4) is 0 Å². The van der Waals surface area contributed by atoms with Gasteiger partial charge in [0.15, 0.2) is 17.1 Å². The molecule has 0 aliphatic rings. The maximum Gasteiger partial charge on any atom is 0.200 e. The summed E-state index contributed by atoms with van der Waals surface area (Å²) in [6.45, 7) is 0. The third-order valence-corrected chi connectivity index (χ3v) is 11.2. The smallest absolute Gasteiger partial charge is 0.0610 e. The van der Waals surface area contributed by atoms with Gasteiger partial charge in [0.1, 0.15) is 0 Å². The molecule has 0 aliphatic heterocycles. The van der Waals surface area contributed by atoms with Gasteiger partial charge in [-0.3, -0.25) is 0 Å². The van der Waals surface area contributed by atoms with E-state index in [0.717, 1.165) is 0 Å². The molecule has 0 atom stereocenters. The Balaban J connectivity index is 1.27. The van der Waals surface area contributed by atoms with Crippen LogP contribution in [0, 0.1) is 0 Å². The molecule has 12 aromatic rings. The summed E-state index contributed by atoms with van der Waals surface area (Å²) in [4.78, 5) is 2.56. The van der Waals surface area contributed by atoms with Gasteiger partial charge in [0, 0.05) is 34.4 Å². The van der Waals surface area contributed by atoms with E-state index in [1.807, 2.05) is 0 Å². The van der Waals surface area contributed by atoms with E-state index in [1.54, 1.807) is 0 Å². The normalized spacial score (nSPS) is 12.7. The highest BCUT2D eigenvalue weighted by molar-refractivity contribution is 6.29. The van der Waals surface area contributed by atoms with Crippen LogP contribution >= 0.6 is 0 Å². The fourth-order valence-electron chi connectivity index (χ4n) is 9.13. The summed E-state index contributed by atoms with van der Waals surface area (Å²) in [5.74, 6) is 0. The molecule has 1 radical (unpaired) electrons. The van der Waals surface area contributed by atoms with E-state index in [1.165, 1.54) is 114 Å². The lowest BCUT2D eigenvalue weighted by molar-refractivity contribution is 0.958. The molecule has 0 aliphatic carbocycles. The van der Waals surface area contributed by atoms with Gasteiger partial charge < -0.3 is 0 Å². The van der Waals surface area contributed by atoms with Crippen LogP contribution in [0.5, 0.6) is 0 Å². The van der Waals surface area contributed by atoms with Crippen LogP contribution in [0.15, 0.2) is 164 Å². The molecular formula is C48H27N+. The van der Waals surface area contributed by atoms with Crippen LogP contribution in [0.2, 0.25) is 0 Å². The second-order valence-electron chi connectivity index (χ2n) is 13.7. The van der Waals surface area contributed by atoms with Crippen LogP contribution in [-0.4, -0.2) is 0 Å². The van der Waals surface area contributed by atoms with E-state index in [4.69, 9.17) is 0 Å². The Bertz CT molecular complexity index is 2880. The van der Waals surface area contributed by atoms with E-state index in [2.05, 4.69) is 169 Å². The molecule has 0 aromatic heterocycles. The van der Waals surface area contributed by atoms with Crippen molar-refractivity contribution in [1.82, 2.24) is 4.90 Å². The van der Waals surface area contributed by atoms with Gasteiger partial charge in [-0.15, -0.1) is 0 Å². The van der Waals surface area contributed by atoms with Crippen LogP contribution in [0.4, 0.5) is 17.1 Å². The zero-order chi connectivity index (χ0) is 31.8. The van der Waals surface area contributed by atoms with Crippen molar-refractivity contribution in [2.45, 2.75) is 0 Å². The average Bonchev–Trinajstić information content (AvgIpc) is 3.16. The van der Waals surface area contributed by atoms with Gasteiger partial charge in [-0.05, 0) is 101 Å². The first-order valence-electron chi connectivity index (χ1n) is 17.1. The summed E-state index contributed by atoms with van der Waals surface area (Å²) in [7, 11) is 0. The molecular weight excluding hydrogens is 591 g/mol. The zero-order valence-corrected chi connectivity index (χ0v) is 26.5. The number of hydrogen-bond donors (Lipinski definition) is 0. The monoisotopic (exact) mass is 617 g/mol. The number of benzene rings is 12. The fraction of sp³-hybridized carbons (Fsp3) is 0. The van der Waals surface area contributed by atoms with Gasteiger partial charge in [0.2, 0.25) is 0 Å². The SMILES string of the molecule is c1cc2ccc3ccc([N+](c4ccc5ccc6cccc7ccc4c5c67)c4ccc5ccc6cccc7ccc4c5c67)c4ccc(c1)c2c34. The van der Waals surface area contributed by atoms with Crippen molar-refractivity contribution in [1.29, 1.82) is 0 Å². The lowest BCUT2D eigenvalue weighted by Crippen LogP contribution is -2.13. The fourth-order valence-corrected chi connectivity index (χ4v) is 9.13. The van der Waals surface area contributed by atoms with Gasteiger partial charge >= 0.3 is 0 Å². The van der Waals surface area contributed by atoms with Crippen molar-refractivity contribution in [3.63, 3.8) is 0 Å². The molecule has 0 N–H and O–H groups in total. The summed E-state index contributed by atoms with van der Waals surface area (Å²) in [5.41, 5.74) is 3.57. The molecule has 49 heavy (non-hydrogen) atoms. The lowest BCUT2D eigenvalue weighted by atomic mass is 9.90. The highest BCUT2D eigenvalue weighted by Gasteiger charge is 2.33. The van der Waals surface area contributed by atoms with Crippen LogP contribution in [0.1, 0.15) is 0 Å². The molecule has 0 saturated heterocycles. The Labute approximate surface area is 281 Å². The Morgan fingerprint density at radius 1 is 0.204 bits per heavy atom. The summed E-state index contributed by atoms with van der Waals surface area (Å²) >= 11 is 0. The van der Waals surface area contributed by atoms with E-state index < -0.39 is 0 Å². The Hall–Kier alpha value is -6.28. The van der Waals surface area contributed by atoms with Gasteiger partial charge in [0.05, 0.1) is 16.2 Å². The number of nitrogens with zero attached hydrogens (tertiary/aromatic N) is 1. The zero-order valence-electron chi connectivity index (χ0n) is 26.5. The van der Waals surface area contributed by atoms with Gasteiger partial charge in [0.25, 0.3) is 0 Å². The molecule has 0 saturated carbocycles. The number of hydrogen-bond acceptors (Lipinski definition) is 1. The van der Waals surface area contributed by atoms with Crippen LogP contribution in [-0.2, 0) is 0 Å². The van der Waals surface area contributed by atoms with E-state index in [-0.39, 0.29) is 0 Å². The molecule has 0 amide bonds. The highest BCUT2D eigenvalue weighted by atomic mass is 15.1. The summed E-state index contributed by atoms with van der Waals surface area (Å²) in [6.07, 6.45) is 0. The molecule has 0 bridgehead atoms. The third-order valence-electron chi connectivity index (χ3n) is 11.2. The van der Waals surface area contributed by atoms with E-state index in [0.29, 0.717) is 0 Å². The summed E-state index contributed by atoms with van der Waals surface area (Å²) in [6, 6.07) is 61.6. The molecule has 12 rings (SSSR count). The lowest BCUT2D eigenvalue weighted by Gasteiger charge is -2.20. The predicted octanol–water partition coefficient (Wildman–Crippen LogP) is 13.8. The highest BCUT2D eigenvalue weighted by Crippen LogP contribution is 2.50. The predicted molar refractivity (Wildman–Crippen MR) is 212 cm³/mol. The van der Waals surface area contributed by atoms with Crippen molar-refractivity contribution < 1.29 is 0 Å². The summed E-state index contributed by atoms with van der Waals surface area (Å²) in [5, 5.41) is 23.3. The van der Waals surface area contributed by atoms with Crippen LogP contribution in [0.25, 0.3) is 97.0 Å². The van der Waals surface area contributed by atoms with Crippen LogP contribution < -0.4 is 4.90 Å². The molecule has 0 unspecified atom stereocenters. The second kappa shape index (κ2) is 9.20. The number of anilines is 3. The Kier molecular flexibility index (Phi) is 4.84. The molecule has 223 valence electrons. The first-order valence-corrected chi connectivity index (χ1v) is 17.1. The largest absolute Gasteiger partial charge is 0.200 e. The summed E-state index contributed by atoms with van der Waals surface area (Å²) < 4.78 is 0. The Morgan fingerprint density at radius 2 is 0.429 bits per heavy atom. The topological polar surface area (TPSA) is 5.90 Å². The van der Waals surface area contributed by atoms with E-state index in [9.17, 15) is 0 Å². The maximum atomic E-state index is 2.56. The van der Waals surface area contributed by atoms with Crippen LogP contribution in [0.3, 0.4) is 0 Å². The first-order chi connectivity index (χ1) is 24.3.